The maximum absolute atomic E-state index is 13.6. The summed E-state index contributed by atoms with van der Waals surface area (Å²) in [4.78, 5) is 25.6. The largest absolute Gasteiger partial charge is 0.356 e. The van der Waals surface area contributed by atoms with Crippen LogP contribution in [0.4, 0.5) is 5.82 Å². The Hall–Kier alpha value is -2.14. The van der Waals surface area contributed by atoms with E-state index in [1.54, 1.807) is 0 Å². The standard InChI is InChI=1S/C23H30N4O/c28-23(27-15-7-9-19(17-27)25-11-3-4-12-25)20-16-18-8-1-2-10-21(18)24-22(20)26-13-5-6-14-26/h1-2,8,10,16,19H,3-7,9,11-15,17H2/t19-/m0/s1. The highest BCUT2D eigenvalue weighted by Gasteiger charge is 2.32. The summed E-state index contributed by atoms with van der Waals surface area (Å²) in [5.41, 5.74) is 1.78. The highest BCUT2D eigenvalue weighted by Crippen LogP contribution is 2.29. The van der Waals surface area contributed by atoms with Gasteiger partial charge in [-0.1, -0.05) is 18.2 Å². The Morgan fingerprint density at radius 1 is 0.929 bits per heavy atom. The van der Waals surface area contributed by atoms with Crippen LogP contribution in [-0.4, -0.2) is 66.0 Å². The SMILES string of the molecule is O=C(c1cc2ccccc2nc1N1CCCC1)N1CCC[C@H](N2CCCC2)C1. The molecule has 3 saturated heterocycles. The minimum Gasteiger partial charge on any atom is -0.356 e. The van der Waals surface area contributed by atoms with E-state index < -0.39 is 0 Å². The van der Waals surface area contributed by atoms with Gasteiger partial charge >= 0.3 is 0 Å². The Bertz CT molecular complexity index is 855. The second kappa shape index (κ2) is 7.70. The van der Waals surface area contributed by atoms with Crippen molar-refractivity contribution in [2.75, 3.05) is 44.2 Å². The van der Waals surface area contributed by atoms with Gasteiger partial charge in [-0.15, -0.1) is 0 Å². The molecule has 0 saturated carbocycles. The molecule has 0 aliphatic carbocycles. The topological polar surface area (TPSA) is 39.7 Å². The summed E-state index contributed by atoms with van der Waals surface area (Å²) < 4.78 is 0. The predicted molar refractivity (Wildman–Crippen MR) is 113 cm³/mol. The van der Waals surface area contributed by atoms with E-state index in [2.05, 4.69) is 26.8 Å². The molecule has 1 atom stereocenters. The van der Waals surface area contributed by atoms with Crippen molar-refractivity contribution in [3.05, 3.63) is 35.9 Å². The van der Waals surface area contributed by atoms with Gasteiger partial charge in [-0.2, -0.15) is 0 Å². The number of likely N-dealkylation sites (tertiary alicyclic amines) is 2. The molecule has 1 aromatic heterocycles. The number of benzene rings is 1. The van der Waals surface area contributed by atoms with E-state index in [1.165, 1.54) is 45.2 Å². The van der Waals surface area contributed by atoms with Crippen molar-refractivity contribution in [1.82, 2.24) is 14.8 Å². The molecule has 3 aliphatic heterocycles. The fourth-order valence-electron chi connectivity index (χ4n) is 5.15. The Morgan fingerprint density at radius 3 is 2.50 bits per heavy atom. The van der Waals surface area contributed by atoms with Gasteiger partial charge in [0.1, 0.15) is 5.82 Å². The first-order chi connectivity index (χ1) is 13.8. The normalized spacial score (nSPS) is 23.6. The average Bonchev–Trinajstić information content (AvgIpc) is 3.46. The minimum atomic E-state index is 0.170. The lowest BCUT2D eigenvalue weighted by atomic mass is 10.0. The molecule has 2 aromatic rings. The van der Waals surface area contributed by atoms with Crippen molar-refractivity contribution in [2.24, 2.45) is 0 Å². The van der Waals surface area contributed by atoms with Crippen LogP contribution in [0, 0.1) is 0 Å². The zero-order valence-corrected chi connectivity index (χ0v) is 16.6. The van der Waals surface area contributed by atoms with E-state index in [4.69, 9.17) is 4.98 Å². The van der Waals surface area contributed by atoms with E-state index >= 15 is 0 Å². The molecule has 3 aliphatic rings. The van der Waals surface area contributed by atoms with Crippen LogP contribution in [-0.2, 0) is 0 Å². The molecule has 1 aromatic carbocycles. The molecule has 0 bridgehead atoms. The number of fused-ring (bicyclic) bond motifs is 1. The molecule has 1 amide bonds. The molecule has 5 rings (SSSR count). The number of hydrogen-bond donors (Lipinski definition) is 0. The molecule has 28 heavy (non-hydrogen) atoms. The highest BCUT2D eigenvalue weighted by molar-refractivity contribution is 6.02. The Labute approximate surface area is 167 Å². The summed E-state index contributed by atoms with van der Waals surface area (Å²) in [7, 11) is 0. The molecule has 0 N–H and O–H groups in total. The zero-order valence-electron chi connectivity index (χ0n) is 16.6. The van der Waals surface area contributed by atoms with Crippen LogP contribution in [0.3, 0.4) is 0 Å². The van der Waals surface area contributed by atoms with Crippen LogP contribution in [0.2, 0.25) is 0 Å². The van der Waals surface area contributed by atoms with E-state index in [1.807, 2.05) is 18.2 Å². The Morgan fingerprint density at radius 2 is 1.68 bits per heavy atom. The first kappa shape index (κ1) is 17.9. The van der Waals surface area contributed by atoms with Gasteiger partial charge in [0.15, 0.2) is 0 Å². The van der Waals surface area contributed by atoms with E-state index in [9.17, 15) is 4.79 Å². The summed E-state index contributed by atoms with van der Waals surface area (Å²) in [6, 6.07) is 10.8. The number of nitrogens with zero attached hydrogens (tertiary/aromatic N) is 4. The van der Waals surface area contributed by atoms with Gasteiger partial charge in [0.2, 0.25) is 0 Å². The lowest BCUT2D eigenvalue weighted by Crippen LogP contribution is -2.49. The van der Waals surface area contributed by atoms with Crippen LogP contribution in [0.1, 0.15) is 48.9 Å². The number of hydrogen-bond acceptors (Lipinski definition) is 4. The molecule has 3 fully saturated rings. The monoisotopic (exact) mass is 378 g/mol. The molecule has 0 radical (unpaired) electrons. The maximum atomic E-state index is 13.6. The Kier molecular flexibility index (Phi) is 4.93. The third kappa shape index (κ3) is 3.37. The quantitative estimate of drug-likeness (QED) is 0.819. The number of pyridine rings is 1. The van der Waals surface area contributed by atoms with Crippen molar-refractivity contribution in [3.63, 3.8) is 0 Å². The summed E-state index contributed by atoms with van der Waals surface area (Å²) in [6.45, 7) is 6.14. The van der Waals surface area contributed by atoms with E-state index in [-0.39, 0.29) is 5.91 Å². The first-order valence-electron chi connectivity index (χ1n) is 11.0. The molecule has 0 unspecified atom stereocenters. The third-order valence-corrected chi connectivity index (χ3v) is 6.68. The number of rotatable bonds is 3. The van der Waals surface area contributed by atoms with E-state index in [0.717, 1.165) is 54.9 Å². The second-order valence-electron chi connectivity index (χ2n) is 8.54. The average molecular weight is 379 g/mol. The lowest BCUT2D eigenvalue weighted by Gasteiger charge is -2.38. The first-order valence-corrected chi connectivity index (χ1v) is 11.0. The molecule has 148 valence electrons. The van der Waals surface area contributed by atoms with E-state index in [0.29, 0.717) is 6.04 Å². The Balaban J connectivity index is 1.46. The van der Waals surface area contributed by atoms with Gasteiger partial charge in [0, 0.05) is 37.6 Å². The molecular formula is C23H30N4O. The number of para-hydroxylation sites is 1. The molecular weight excluding hydrogens is 348 g/mol. The summed E-state index contributed by atoms with van der Waals surface area (Å²) in [6.07, 6.45) is 7.30. The van der Waals surface area contributed by atoms with Crippen molar-refractivity contribution in [1.29, 1.82) is 0 Å². The molecule has 5 heteroatoms. The number of carbonyl (C=O) groups excluding carboxylic acids is 1. The number of anilines is 1. The summed E-state index contributed by atoms with van der Waals surface area (Å²) in [5, 5.41) is 1.06. The van der Waals surface area contributed by atoms with Crippen molar-refractivity contribution in [2.45, 2.75) is 44.6 Å². The van der Waals surface area contributed by atoms with Crippen LogP contribution in [0.15, 0.2) is 30.3 Å². The summed E-state index contributed by atoms with van der Waals surface area (Å²) in [5.74, 6) is 1.06. The van der Waals surface area contributed by atoms with Crippen molar-refractivity contribution in [3.8, 4) is 0 Å². The second-order valence-corrected chi connectivity index (χ2v) is 8.54. The van der Waals surface area contributed by atoms with Crippen molar-refractivity contribution < 1.29 is 4.79 Å². The smallest absolute Gasteiger partial charge is 0.257 e. The fourth-order valence-corrected chi connectivity index (χ4v) is 5.15. The van der Waals surface area contributed by atoms with Gasteiger partial charge in [-0.3, -0.25) is 9.69 Å². The minimum absolute atomic E-state index is 0.170. The number of aromatic nitrogens is 1. The third-order valence-electron chi connectivity index (χ3n) is 6.68. The summed E-state index contributed by atoms with van der Waals surface area (Å²) >= 11 is 0. The predicted octanol–water partition coefficient (Wildman–Crippen LogP) is 3.54. The van der Waals surface area contributed by atoms with Crippen molar-refractivity contribution >= 4 is 22.6 Å². The molecule has 4 heterocycles. The van der Waals surface area contributed by atoms with Crippen LogP contribution >= 0.6 is 0 Å². The number of carbonyl (C=O) groups is 1. The fraction of sp³-hybridized carbons (Fsp3) is 0.565. The van der Waals surface area contributed by atoms with Gasteiger partial charge in [0.25, 0.3) is 5.91 Å². The molecule has 0 spiro atoms. The van der Waals surface area contributed by atoms with Gasteiger partial charge in [0.05, 0.1) is 11.1 Å². The molecule has 5 nitrogen and oxygen atoms in total. The number of piperidine rings is 1. The van der Waals surface area contributed by atoms with Gasteiger partial charge in [-0.25, -0.2) is 4.98 Å². The van der Waals surface area contributed by atoms with Crippen LogP contribution in [0.25, 0.3) is 10.9 Å². The van der Waals surface area contributed by atoms with Crippen LogP contribution < -0.4 is 4.90 Å². The zero-order chi connectivity index (χ0) is 18.9. The van der Waals surface area contributed by atoms with Gasteiger partial charge < -0.3 is 9.80 Å². The van der Waals surface area contributed by atoms with Gasteiger partial charge in [-0.05, 0) is 63.7 Å². The number of amides is 1. The lowest BCUT2D eigenvalue weighted by molar-refractivity contribution is 0.0608. The maximum Gasteiger partial charge on any atom is 0.257 e. The van der Waals surface area contributed by atoms with Crippen LogP contribution in [0.5, 0.6) is 0 Å². The highest BCUT2D eigenvalue weighted by atomic mass is 16.2.